The molecular weight excluding hydrogens is 388 g/mol. The Morgan fingerprint density at radius 1 is 0.846 bits per heavy atom. The van der Waals surface area contributed by atoms with E-state index in [-0.39, 0.29) is 5.97 Å². The van der Waals surface area contributed by atoms with Gasteiger partial charge in [0, 0.05) is 10.9 Å². The number of benzene rings is 1. The zero-order valence-electron chi connectivity index (χ0n) is 16.6. The molecule has 0 aliphatic carbocycles. The van der Waals surface area contributed by atoms with Crippen molar-refractivity contribution >= 4 is 21.9 Å². The molecule has 0 atom stereocenters. The van der Waals surface area contributed by atoms with Gasteiger partial charge in [-0.1, -0.05) is 112 Å². The highest BCUT2D eigenvalue weighted by Gasteiger charge is 2.03. The molecule has 1 aromatic rings. The van der Waals surface area contributed by atoms with Gasteiger partial charge in [0.2, 0.25) is 0 Å². The minimum atomic E-state index is -0.0759. The predicted octanol–water partition coefficient (Wildman–Crippen LogP) is 7.97. The lowest BCUT2D eigenvalue weighted by Crippen LogP contribution is -2.04. The zero-order chi connectivity index (χ0) is 18.9. The third kappa shape index (κ3) is 13.4. The fourth-order valence-corrected chi connectivity index (χ4v) is 3.60. The van der Waals surface area contributed by atoms with E-state index in [1.165, 1.54) is 70.6 Å². The summed E-state index contributed by atoms with van der Waals surface area (Å²) in [6.45, 7) is 2.64. The highest BCUT2D eigenvalue weighted by atomic mass is 79.9. The van der Waals surface area contributed by atoms with E-state index >= 15 is 0 Å². The van der Waals surface area contributed by atoms with Gasteiger partial charge in [0.15, 0.2) is 0 Å². The van der Waals surface area contributed by atoms with Crippen molar-refractivity contribution in [1.29, 1.82) is 0 Å². The Morgan fingerprint density at radius 3 is 1.92 bits per heavy atom. The minimum absolute atomic E-state index is 0.0759. The smallest absolute Gasteiger partial charge is 0.306 e. The molecule has 0 heterocycles. The fourth-order valence-electron chi connectivity index (χ4n) is 3.15. The van der Waals surface area contributed by atoms with Crippen molar-refractivity contribution in [2.45, 2.75) is 103 Å². The van der Waals surface area contributed by atoms with Gasteiger partial charge in [-0.05, 0) is 24.1 Å². The molecule has 3 heteroatoms. The molecule has 0 radical (unpaired) electrons. The number of halogens is 1. The third-order valence-electron chi connectivity index (χ3n) is 4.77. The lowest BCUT2D eigenvalue weighted by Gasteiger charge is -2.06. The van der Waals surface area contributed by atoms with Crippen LogP contribution in [0, 0.1) is 0 Å². The highest BCUT2D eigenvalue weighted by Crippen LogP contribution is 2.14. The maximum absolute atomic E-state index is 11.8. The number of unbranched alkanes of at least 4 members (excludes halogenated alkanes) is 12. The van der Waals surface area contributed by atoms with Crippen molar-refractivity contribution in [1.82, 2.24) is 0 Å². The Balaban J connectivity index is 1.84. The molecule has 0 bridgehead atoms. The summed E-state index contributed by atoms with van der Waals surface area (Å²) >= 11 is 3.43. The van der Waals surface area contributed by atoms with Crippen LogP contribution >= 0.6 is 15.9 Å². The van der Waals surface area contributed by atoms with E-state index in [1.54, 1.807) is 0 Å². The second-order valence-corrected chi connectivity index (χ2v) is 8.20. The van der Waals surface area contributed by atoms with E-state index in [1.807, 2.05) is 24.3 Å². The summed E-state index contributed by atoms with van der Waals surface area (Å²) in [6.07, 6.45) is 17.7. The molecule has 0 saturated carbocycles. The first-order chi connectivity index (χ1) is 12.7. The van der Waals surface area contributed by atoms with Crippen molar-refractivity contribution in [3.05, 3.63) is 34.3 Å². The van der Waals surface area contributed by atoms with E-state index in [2.05, 4.69) is 22.9 Å². The summed E-state index contributed by atoms with van der Waals surface area (Å²) in [7, 11) is 0. The number of rotatable bonds is 16. The Hall–Kier alpha value is -0.830. The minimum Gasteiger partial charge on any atom is -0.461 e. The lowest BCUT2D eigenvalue weighted by molar-refractivity contribution is -0.145. The molecule has 0 N–H and O–H groups in total. The number of hydrogen-bond donors (Lipinski definition) is 0. The molecule has 0 amide bonds. The molecule has 0 spiro atoms. The molecule has 0 saturated heterocycles. The molecule has 0 aromatic heterocycles. The van der Waals surface area contributed by atoms with E-state index in [0.717, 1.165) is 22.9 Å². The Morgan fingerprint density at radius 2 is 1.38 bits per heavy atom. The van der Waals surface area contributed by atoms with E-state index in [0.29, 0.717) is 13.0 Å². The molecule has 26 heavy (non-hydrogen) atoms. The summed E-state index contributed by atoms with van der Waals surface area (Å²) in [5.41, 5.74) is 1.03. The van der Waals surface area contributed by atoms with Gasteiger partial charge >= 0.3 is 5.97 Å². The topological polar surface area (TPSA) is 26.3 Å². The number of ether oxygens (including phenoxy) is 1. The largest absolute Gasteiger partial charge is 0.461 e. The summed E-state index contributed by atoms with van der Waals surface area (Å²) in [6, 6.07) is 7.89. The van der Waals surface area contributed by atoms with Crippen molar-refractivity contribution in [3.63, 3.8) is 0 Å². The SMILES string of the molecule is CCCCCCCCCCCCCCCC(=O)OCc1cccc(Br)c1. The first kappa shape index (κ1) is 23.2. The van der Waals surface area contributed by atoms with Crippen molar-refractivity contribution in [2.75, 3.05) is 0 Å². The van der Waals surface area contributed by atoms with E-state index < -0.39 is 0 Å². The lowest BCUT2D eigenvalue weighted by atomic mass is 10.0. The van der Waals surface area contributed by atoms with Crippen molar-refractivity contribution < 1.29 is 9.53 Å². The van der Waals surface area contributed by atoms with Gasteiger partial charge in [-0.25, -0.2) is 0 Å². The maximum Gasteiger partial charge on any atom is 0.306 e. The third-order valence-corrected chi connectivity index (χ3v) is 5.27. The van der Waals surface area contributed by atoms with E-state index in [4.69, 9.17) is 4.74 Å². The normalized spacial score (nSPS) is 10.8. The molecule has 1 aromatic carbocycles. The number of carbonyl (C=O) groups is 1. The van der Waals surface area contributed by atoms with Crippen LogP contribution in [0.25, 0.3) is 0 Å². The van der Waals surface area contributed by atoms with Gasteiger partial charge in [-0.2, -0.15) is 0 Å². The van der Waals surface area contributed by atoms with Gasteiger partial charge in [0.1, 0.15) is 6.61 Å². The molecule has 148 valence electrons. The quantitative estimate of drug-likeness (QED) is 0.198. The van der Waals surface area contributed by atoms with Crippen LogP contribution in [0.3, 0.4) is 0 Å². The standard InChI is InChI=1S/C23H37BrO2/c1-2-3-4-5-6-7-8-9-10-11-12-13-14-18-23(25)26-20-21-16-15-17-22(24)19-21/h15-17,19H,2-14,18,20H2,1H3. The first-order valence-corrected chi connectivity index (χ1v) is 11.4. The Kier molecular flexibility index (Phi) is 14.6. The van der Waals surface area contributed by atoms with Crippen LogP contribution < -0.4 is 0 Å². The van der Waals surface area contributed by atoms with Crippen LogP contribution in [-0.2, 0) is 16.1 Å². The highest BCUT2D eigenvalue weighted by molar-refractivity contribution is 9.10. The second-order valence-electron chi connectivity index (χ2n) is 7.28. The number of esters is 1. The summed E-state index contributed by atoms with van der Waals surface area (Å²) < 4.78 is 6.35. The predicted molar refractivity (Wildman–Crippen MR) is 114 cm³/mol. The average Bonchev–Trinajstić information content (AvgIpc) is 2.64. The van der Waals surface area contributed by atoms with Crippen molar-refractivity contribution in [3.8, 4) is 0 Å². The van der Waals surface area contributed by atoms with Crippen molar-refractivity contribution in [2.24, 2.45) is 0 Å². The maximum atomic E-state index is 11.8. The number of hydrogen-bond acceptors (Lipinski definition) is 2. The zero-order valence-corrected chi connectivity index (χ0v) is 18.2. The molecule has 2 nitrogen and oxygen atoms in total. The average molecular weight is 425 g/mol. The fraction of sp³-hybridized carbons (Fsp3) is 0.696. The van der Waals surface area contributed by atoms with Gasteiger partial charge in [-0.15, -0.1) is 0 Å². The van der Waals surface area contributed by atoms with E-state index in [9.17, 15) is 4.79 Å². The second kappa shape index (κ2) is 16.4. The molecule has 0 unspecified atom stereocenters. The van der Waals surface area contributed by atoms with Crippen LogP contribution in [0.4, 0.5) is 0 Å². The Bertz CT molecular complexity index is 473. The molecule has 0 aliphatic heterocycles. The molecule has 0 aliphatic rings. The van der Waals surface area contributed by atoms with Gasteiger partial charge in [-0.3, -0.25) is 4.79 Å². The molecular formula is C23H37BrO2. The molecule has 0 fully saturated rings. The van der Waals surface area contributed by atoms with Crippen LogP contribution in [0.1, 0.15) is 102 Å². The van der Waals surface area contributed by atoms with Crippen LogP contribution in [0.2, 0.25) is 0 Å². The van der Waals surface area contributed by atoms with Gasteiger partial charge in [0.05, 0.1) is 0 Å². The Labute approximate surface area is 169 Å². The molecule has 1 rings (SSSR count). The first-order valence-electron chi connectivity index (χ1n) is 10.6. The summed E-state index contributed by atoms with van der Waals surface area (Å²) in [4.78, 5) is 11.8. The van der Waals surface area contributed by atoms with Crippen LogP contribution in [0.15, 0.2) is 28.7 Å². The van der Waals surface area contributed by atoms with Crippen LogP contribution in [-0.4, -0.2) is 5.97 Å². The monoisotopic (exact) mass is 424 g/mol. The summed E-state index contributed by atoms with van der Waals surface area (Å²) in [5.74, 6) is -0.0759. The van der Waals surface area contributed by atoms with Gasteiger partial charge in [0.25, 0.3) is 0 Å². The summed E-state index contributed by atoms with van der Waals surface area (Å²) in [5, 5.41) is 0. The van der Waals surface area contributed by atoms with Crippen LogP contribution in [0.5, 0.6) is 0 Å². The number of carbonyl (C=O) groups excluding carboxylic acids is 1. The van der Waals surface area contributed by atoms with Gasteiger partial charge < -0.3 is 4.74 Å².